The number of amides is 1. The Hall–Kier alpha value is -2.18. The Kier molecular flexibility index (Phi) is 3.60. The van der Waals surface area contributed by atoms with E-state index in [1.165, 1.54) is 6.42 Å². The maximum absolute atomic E-state index is 12.9. The Morgan fingerprint density at radius 3 is 2.72 bits per heavy atom. The lowest BCUT2D eigenvalue weighted by Crippen LogP contribution is -2.39. The summed E-state index contributed by atoms with van der Waals surface area (Å²) in [5, 5.41) is 12.8. The third-order valence-electron chi connectivity index (χ3n) is 5.94. The summed E-state index contributed by atoms with van der Waals surface area (Å²) in [6, 6.07) is 0. The van der Waals surface area contributed by atoms with Crippen LogP contribution in [0, 0.1) is 0 Å². The Bertz CT molecular complexity index is 800. The molecular formula is C18H23N5O2. The second-order valence-corrected chi connectivity index (χ2v) is 7.44. The molecule has 1 aliphatic carbocycles. The zero-order valence-electron chi connectivity index (χ0n) is 14.4. The van der Waals surface area contributed by atoms with Crippen molar-refractivity contribution in [3.8, 4) is 0 Å². The predicted octanol–water partition coefficient (Wildman–Crippen LogP) is 2.11. The number of rotatable bonds is 2. The van der Waals surface area contributed by atoms with Gasteiger partial charge in [-0.25, -0.2) is 0 Å². The van der Waals surface area contributed by atoms with E-state index in [1.54, 1.807) is 0 Å². The van der Waals surface area contributed by atoms with Gasteiger partial charge >= 0.3 is 0 Å². The van der Waals surface area contributed by atoms with Crippen molar-refractivity contribution in [1.82, 2.24) is 24.8 Å². The first kappa shape index (κ1) is 15.1. The monoisotopic (exact) mass is 341 g/mol. The highest BCUT2D eigenvalue weighted by atomic mass is 16.5. The van der Waals surface area contributed by atoms with Gasteiger partial charge in [-0.1, -0.05) is 5.16 Å². The molecule has 2 aromatic heterocycles. The molecule has 0 N–H and O–H groups in total. The summed E-state index contributed by atoms with van der Waals surface area (Å²) in [4.78, 5) is 14.8. The van der Waals surface area contributed by atoms with E-state index in [9.17, 15) is 4.79 Å². The van der Waals surface area contributed by atoms with E-state index in [0.29, 0.717) is 11.6 Å². The van der Waals surface area contributed by atoms with Crippen molar-refractivity contribution in [2.45, 2.75) is 63.8 Å². The first-order valence-electron chi connectivity index (χ1n) is 9.50. The molecule has 5 rings (SSSR count). The number of nitrogens with zero attached hydrogens (tertiary/aromatic N) is 5. The van der Waals surface area contributed by atoms with E-state index < -0.39 is 0 Å². The highest BCUT2D eigenvalue weighted by Crippen LogP contribution is 2.31. The molecule has 1 fully saturated rings. The van der Waals surface area contributed by atoms with Crippen LogP contribution in [0.5, 0.6) is 0 Å². The summed E-state index contributed by atoms with van der Waals surface area (Å²) in [7, 11) is 0. The summed E-state index contributed by atoms with van der Waals surface area (Å²) in [6.45, 7) is 2.56. The van der Waals surface area contributed by atoms with E-state index in [-0.39, 0.29) is 5.91 Å². The first-order chi connectivity index (χ1) is 12.3. The zero-order valence-corrected chi connectivity index (χ0v) is 14.4. The van der Waals surface area contributed by atoms with Gasteiger partial charge in [-0.05, 0) is 38.5 Å². The maximum atomic E-state index is 12.9. The minimum atomic E-state index is 0.0387. The average molecular weight is 341 g/mol. The second-order valence-electron chi connectivity index (χ2n) is 7.44. The SMILES string of the molecule is O=C(c1noc2c1CCCC2)N1CCC(c2nnc3n2CCC3)CC1. The molecule has 2 aromatic rings. The van der Waals surface area contributed by atoms with Crippen molar-refractivity contribution in [1.29, 1.82) is 0 Å². The van der Waals surface area contributed by atoms with Crippen molar-refractivity contribution in [3.05, 3.63) is 28.7 Å². The van der Waals surface area contributed by atoms with Gasteiger partial charge in [0.05, 0.1) is 0 Å². The fraction of sp³-hybridized carbons (Fsp3) is 0.667. The van der Waals surface area contributed by atoms with Gasteiger partial charge in [0.1, 0.15) is 17.4 Å². The number of aromatic nitrogens is 4. The van der Waals surface area contributed by atoms with Crippen LogP contribution in [-0.4, -0.2) is 43.8 Å². The molecular weight excluding hydrogens is 318 g/mol. The zero-order chi connectivity index (χ0) is 16.8. The number of piperidine rings is 1. The lowest BCUT2D eigenvalue weighted by Gasteiger charge is -2.31. The van der Waals surface area contributed by atoms with Crippen LogP contribution >= 0.6 is 0 Å². The van der Waals surface area contributed by atoms with Crippen LogP contribution in [0.3, 0.4) is 0 Å². The molecule has 7 heteroatoms. The Labute approximate surface area is 146 Å². The lowest BCUT2D eigenvalue weighted by atomic mass is 9.94. The summed E-state index contributed by atoms with van der Waals surface area (Å²) < 4.78 is 7.70. The van der Waals surface area contributed by atoms with Crippen LogP contribution in [0.4, 0.5) is 0 Å². The van der Waals surface area contributed by atoms with Gasteiger partial charge in [0.25, 0.3) is 5.91 Å². The van der Waals surface area contributed by atoms with Crippen molar-refractivity contribution in [3.63, 3.8) is 0 Å². The van der Waals surface area contributed by atoms with E-state index in [4.69, 9.17) is 4.52 Å². The average Bonchev–Trinajstić information content (AvgIpc) is 3.36. The normalized spacial score (nSPS) is 20.6. The van der Waals surface area contributed by atoms with Crippen LogP contribution in [-0.2, 0) is 25.8 Å². The van der Waals surface area contributed by atoms with Gasteiger partial charge in [-0.3, -0.25) is 4.79 Å². The number of aryl methyl sites for hydroxylation is 2. The Balaban J connectivity index is 1.28. The molecule has 7 nitrogen and oxygen atoms in total. The van der Waals surface area contributed by atoms with Gasteiger partial charge < -0.3 is 14.0 Å². The minimum absolute atomic E-state index is 0.0387. The highest BCUT2D eigenvalue weighted by molar-refractivity contribution is 5.94. The summed E-state index contributed by atoms with van der Waals surface area (Å²) in [5.41, 5.74) is 1.60. The van der Waals surface area contributed by atoms with Gasteiger partial charge in [0.15, 0.2) is 5.69 Å². The van der Waals surface area contributed by atoms with E-state index in [2.05, 4.69) is 19.9 Å². The van der Waals surface area contributed by atoms with E-state index in [1.807, 2.05) is 4.90 Å². The van der Waals surface area contributed by atoms with E-state index >= 15 is 0 Å². The van der Waals surface area contributed by atoms with Crippen molar-refractivity contribution in [2.75, 3.05) is 13.1 Å². The Morgan fingerprint density at radius 2 is 1.84 bits per heavy atom. The fourth-order valence-electron chi connectivity index (χ4n) is 4.52. The van der Waals surface area contributed by atoms with Gasteiger partial charge in [-0.15, -0.1) is 10.2 Å². The van der Waals surface area contributed by atoms with Crippen molar-refractivity contribution < 1.29 is 9.32 Å². The molecule has 25 heavy (non-hydrogen) atoms. The van der Waals surface area contributed by atoms with Gasteiger partial charge in [-0.2, -0.15) is 0 Å². The summed E-state index contributed by atoms with van der Waals surface area (Å²) in [6.07, 6.45) is 8.19. The van der Waals surface area contributed by atoms with Crippen LogP contribution in [0.15, 0.2) is 4.52 Å². The molecule has 0 atom stereocenters. The maximum Gasteiger partial charge on any atom is 0.276 e. The first-order valence-corrected chi connectivity index (χ1v) is 9.50. The van der Waals surface area contributed by atoms with Crippen LogP contribution < -0.4 is 0 Å². The number of carbonyl (C=O) groups is 1. The molecule has 2 aliphatic heterocycles. The molecule has 132 valence electrons. The minimum Gasteiger partial charge on any atom is -0.360 e. The van der Waals surface area contributed by atoms with Crippen LogP contribution in [0.25, 0.3) is 0 Å². The summed E-state index contributed by atoms with van der Waals surface area (Å²) >= 11 is 0. The molecule has 0 spiro atoms. The number of carbonyl (C=O) groups excluding carboxylic acids is 1. The lowest BCUT2D eigenvalue weighted by molar-refractivity contribution is 0.0699. The largest absolute Gasteiger partial charge is 0.360 e. The quantitative estimate of drug-likeness (QED) is 0.836. The third-order valence-corrected chi connectivity index (χ3v) is 5.94. The van der Waals surface area contributed by atoms with E-state index in [0.717, 1.165) is 87.6 Å². The van der Waals surface area contributed by atoms with Gasteiger partial charge in [0.2, 0.25) is 0 Å². The fourth-order valence-corrected chi connectivity index (χ4v) is 4.52. The molecule has 3 aliphatic rings. The molecule has 0 radical (unpaired) electrons. The molecule has 0 aromatic carbocycles. The van der Waals surface area contributed by atoms with Crippen molar-refractivity contribution in [2.24, 2.45) is 0 Å². The molecule has 1 saturated heterocycles. The highest BCUT2D eigenvalue weighted by Gasteiger charge is 2.32. The van der Waals surface area contributed by atoms with Crippen LogP contribution in [0.2, 0.25) is 0 Å². The third kappa shape index (κ3) is 2.48. The smallest absolute Gasteiger partial charge is 0.276 e. The topological polar surface area (TPSA) is 77.1 Å². The number of likely N-dealkylation sites (tertiary alicyclic amines) is 1. The number of hydrogen-bond acceptors (Lipinski definition) is 5. The second kappa shape index (κ2) is 5.97. The molecule has 0 unspecified atom stereocenters. The van der Waals surface area contributed by atoms with Crippen molar-refractivity contribution >= 4 is 5.91 Å². The molecule has 4 heterocycles. The molecule has 1 amide bonds. The summed E-state index contributed by atoms with van der Waals surface area (Å²) in [5.74, 6) is 3.62. The van der Waals surface area contributed by atoms with Crippen LogP contribution in [0.1, 0.15) is 71.5 Å². The molecule has 0 bridgehead atoms. The number of fused-ring (bicyclic) bond motifs is 2. The number of hydrogen-bond donors (Lipinski definition) is 0. The van der Waals surface area contributed by atoms with Gasteiger partial charge in [0, 0.05) is 44.0 Å². The predicted molar refractivity (Wildman–Crippen MR) is 89.4 cm³/mol. The molecule has 0 saturated carbocycles. The Morgan fingerprint density at radius 1 is 1.00 bits per heavy atom. The standard InChI is InChI=1S/C18H23N5O2/c24-18(16-13-4-1-2-5-14(13)25-21-16)22-10-7-12(8-11-22)17-20-19-15-6-3-9-23(15)17/h12H,1-11H2.